The molecule has 2 atom stereocenters. The van der Waals surface area contributed by atoms with E-state index in [2.05, 4.69) is 0 Å². The van der Waals surface area contributed by atoms with Gasteiger partial charge in [-0.05, 0) is 37.1 Å². The molecular weight excluding hydrogens is 282 g/mol. The Kier molecular flexibility index (Phi) is 3.82. The van der Waals surface area contributed by atoms with E-state index in [9.17, 15) is 13.6 Å². The van der Waals surface area contributed by atoms with Gasteiger partial charge in [0, 0.05) is 18.3 Å². The quantitative estimate of drug-likeness (QED) is 0.782. The number of benzene rings is 1. The third-order valence-electron chi connectivity index (χ3n) is 4.15. The molecule has 0 aromatic heterocycles. The van der Waals surface area contributed by atoms with E-state index in [1.165, 1.54) is 12.1 Å². The molecule has 0 radical (unpaired) electrons. The van der Waals surface area contributed by atoms with Crippen molar-refractivity contribution in [1.82, 2.24) is 0 Å². The normalized spacial score (nSPS) is 29.8. The highest BCUT2D eigenvalue weighted by molar-refractivity contribution is 7.99. The smallest absolute Gasteiger partial charge is 0.169 e. The molecule has 3 rings (SSSR count). The van der Waals surface area contributed by atoms with Crippen LogP contribution >= 0.6 is 11.8 Å². The molecule has 5 heteroatoms. The molecule has 2 unspecified atom stereocenters. The minimum atomic E-state index is -1.03. The van der Waals surface area contributed by atoms with Crippen molar-refractivity contribution in [1.29, 1.82) is 0 Å². The second-order valence-corrected chi connectivity index (χ2v) is 6.59. The maximum Gasteiger partial charge on any atom is 0.169 e. The summed E-state index contributed by atoms with van der Waals surface area (Å²) in [6, 6.07) is 3.78. The second kappa shape index (κ2) is 5.45. The van der Waals surface area contributed by atoms with Gasteiger partial charge in [-0.1, -0.05) is 6.07 Å². The predicted octanol–water partition coefficient (Wildman–Crippen LogP) is 3.45. The van der Waals surface area contributed by atoms with Crippen LogP contribution < -0.4 is 0 Å². The van der Waals surface area contributed by atoms with Crippen LogP contribution in [-0.4, -0.2) is 29.5 Å². The first-order valence-corrected chi connectivity index (χ1v) is 7.97. The summed E-state index contributed by atoms with van der Waals surface area (Å²) in [5.41, 5.74) is -0.356. The molecular formula is C15H16F2O2S. The Balaban J connectivity index is 1.81. The van der Waals surface area contributed by atoms with Gasteiger partial charge in [0.15, 0.2) is 17.4 Å². The molecule has 2 saturated heterocycles. The predicted molar refractivity (Wildman–Crippen MR) is 74.0 cm³/mol. The van der Waals surface area contributed by atoms with Crippen molar-refractivity contribution in [2.24, 2.45) is 5.92 Å². The van der Waals surface area contributed by atoms with Crippen LogP contribution in [0.15, 0.2) is 18.2 Å². The fraction of sp³-hybridized carbons (Fsp3) is 0.533. The number of hydrogen-bond donors (Lipinski definition) is 0. The third kappa shape index (κ3) is 2.49. The van der Waals surface area contributed by atoms with Gasteiger partial charge < -0.3 is 4.74 Å². The van der Waals surface area contributed by atoms with Crippen LogP contribution in [0, 0.1) is 17.6 Å². The zero-order chi connectivity index (χ0) is 14.2. The van der Waals surface area contributed by atoms with Crippen LogP contribution in [0.1, 0.15) is 29.6 Å². The highest BCUT2D eigenvalue weighted by Crippen LogP contribution is 2.41. The van der Waals surface area contributed by atoms with E-state index in [1.54, 1.807) is 0 Å². The van der Waals surface area contributed by atoms with Gasteiger partial charge in [0.2, 0.25) is 0 Å². The van der Waals surface area contributed by atoms with Crippen molar-refractivity contribution in [3.05, 3.63) is 35.4 Å². The van der Waals surface area contributed by atoms with Crippen LogP contribution in [0.5, 0.6) is 0 Å². The molecule has 2 aliphatic rings. The molecule has 1 aromatic carbocycles. The Morgan fingerprint density at radius 3 is 3.00 bits per heavy atom. The SMILES string of the molecule is O=C(c1cccc(F)c1F)C1CCOC2(CCSC2)C1. The van der Waals surface area contributed by atoms with Crippen molar-refractivity contribution in [3.8, 4) is 0 Å². The second-order valence-electron chi connectivity index (χ2n) is 5.49. The van der Waals surface area contributed by atoms with Crippen LogP contribution in [0.3, 0.4) is 0 Å². The molecule has 0 N–H and O–H groups in total. The Hall–Kier alpha value is -0.940. The first kappa shape index (κ1) is 14.0. The first-order valence-electron chi connectivity index (χ1n) is 6.81. The summed E-state index contributed by atoms with van der Waals surface area (Å²) >= 11 is 1.82. The molecule has 0 amide bonds. The average Bonchev–Trinajstić information content (AvgIpc) is 2.89. The van der Waals surface area contributed by atoms with E-state index in [0.717, 1.165) is 24.0 Å². The van der Waals surface area contributed by atoms with E-state index in [-0.39, 0.29) is 22.9 Å². The third-order valence-corrected chi connectivity index (χ3v) is 5.37. The fourth-order valence-corrected chi connectivity index (χ4v) is 4.41. The summed E-state index contributed by atoms with van der Waals surface area (Å²) in [4.78, 5) is 12.4. The lowest BCUT2D eigenvalue weighted by molar-refractivity contribution is -0.0735. The molecule has 20 heavy (non-hydrogen) atoms. The summed E-state index contributed by atoms with van der Waals surface area (Å²) in [5, 5.41) is 0. The molecule has 0 saturated carbocycles. The van der Waals surface area contributed by atoms with Gasteiger partial charge in [0.05, 0.1) is 11.2 Å². The monoisotopic (exact) mass is 298 g/mol. The minimum absolute atomic E-state index is 0.127. The van der Waals surface area contributed by atoms with E-state index in [0.29, 0.717) is 19.4 Å². The van der Waals surface area contributed by atoms with E-state index < -0.39 is 11.6 Å². The van der Waals surface area contributed by atoms with Crippen molar-refractivity contribution >= 4 is 17.5 Å². The summed E-state index contributed by atoms with van der Waals surface area (Å²) < 4.78 is 32.8. The lowest BCUT2D eigenvalue weighted by Crippen LogP contribution is -2.42. The summed E-state index contributed by atoms with van der Waals surface area (Å²) in [7, 11) is 0. The van der Waals surface area contributed by atoms with Crippen LogP contribution in [-0.2, 0) is 4.74 Å². The van der Waals surface area contributed by atoms with Crippen LogP contribution in [0.4, 0.5) is 8.78 Å². The number of rotatable bonds is 2. The molecule has 0 aliphatic carbocycles. The van der Waals surface area contributed by atoms with Gasteiger partial charge in [-0.2, -0.15) is 11.8 Å². The maximum atomic E-state index is 13.7. The average molecular weight is 298 g/mol. The van der Waals surface area contributed by atoms with Crippen LogP contribution in [0.2, 0.25) is 0 Å². The zero-order valence-corrected chi connectivity index (χ0v) is 11.8. The number of ketones is 1. The molecule has 2 aliphatic heterocycles. The Morgan fingerprint density at radius 2 is 2.25 bits per heavy atom. The number of thioether (sulfide) groups is 1. The van der Waals surface area contributed by atoms with Crippen molar-refractivity contribution in [2.75, 3.05) is 18.1 Å². The fourth-order valence-electron chi connectivity index (χ4n) is 3.03. The molecule has 108 valence electrons. The number of hydrogen-bond acceptors (Lipinski definition) is 3. The summed E-state index contributed by atoms with van der Waals surface area (Å²) in [6.07, 6.45) is 2.14. The van der Waals surface area contributed by atoms with E-state index in [1.807, 2.05) is 11.8 Å². The minimum Gasteiger partial charge on any atom is -0.374 e. The van der Waals surface area contributed by atoms with Crippen molar-refractivity contribution in [2.45, 2.75) is 24.9 Å². The number of Topliss-reactive ketones (excluding diaryl/α,β-unsaturated/α-hetero) is 1. The number of carbonyl (C=O) groups is 1. The molecule has 1 aromatic rings. The molecule has 2 fully saturated rings. The highest BCUT2D eigenvalue weighted by atomic mass is 32.2. The largest absolute Gasteiger partial charge is 0.374 e. The zero-order valence-electron chi connectivity index (χ0n) is 11.0. The van der Waals surface area contributed by atoms with Gasteiger partial charge in [-0.25, -0.2) is 8.78 Å². The van der Waals surface area contributed by atoms with Gasteiger partial charge in [-0.15, -0.1) is 0 Å². The molecule has 2 heterocycles. The van der Waals surface area contributed by atoms with E-state index in [4.69, 9.17) is 4.74 Å². The van der Waals surface area contributed by atoms with Crippen LogP contribution in [0.25, 0.3) is 0 Å². The standard InChI is InChI=1S/C15H16F2O2S/c16-12-3-1-2-11(13(12)17)14(18)10-4-6-19-15(8-10)5-7-20-9-15/h1-3,10H,4-9H2. The Morgan fingerprint density at radius 1 is 1.40 bits per heavy atom. The molecule has 2 nitrogen and oxygen atoms in total. The first-order chi connectivity index (χ1) is 9.61. The lowest BCUT2D eigenvalue weighted by Gasteiger charge is -2.37. The highest BCUT2D eigenvalue weighted by Gasteiger charge is 2.42. The Labute approximate surface area is 120 Å². The van der Waals surface area contributed by atoms with Gasteiger partial charge in [0.25, 0.3) is 0 Å². The summed E-state index contributed by atoms with van der Waals surface area (Å²) in [6.45, 7) is 0.522. The molecule has 0 bridgehead atoms. The summed E-state index contributed by atoms with van der Waals surface area (Å²) in [5.74, 6) is -0.620. The van der Waals surface area contributed by atoms with Gasteiger partial charge in [0.1, 0.15) is 0 Å². The van der Waals surface area contributed by atoms with Gasteiger partial charge >= 0.3 is 0 Å². The maximum absolute atomic E-state index is 13.7. The number of carbonyl (C=O) groups excluding carboxylic acids is 1. The topological polar surface area (TPSA) is 26.3 Å². The number of halogens is 2. The molecule has 1 spiro atoms. The van der Waals surface area contributed by atoms with Gasteiger partial charge in [-0.3, -0.25) is 4.79 Å². The van der Waals surface area contributed by atoms with Crippen molar-refractivity contribution in [3.63, 3.8) is 0 Å². The number of ether oxygens (including phenoxy) is 1. The lowest BCUT2D eigenvalue weighted by atomic mass is 9.81. The Bertz CT molecular complexity index is 527. The van der Waals surface area contributed by atoms with Crippen molar-refractivity contribution < 1.29 is 18.3 Å². The van der Waals surface area contributed by atoms with E-state index >= 15 is 0 Å².